The van der Waals surface area contributed by atoms with Crippen molar-refractivity contribution in [3.8, 4) is 0 Å². The molecule has 11 atom stereocenters. The van der Waals surface area contributed by atoms with E-state index in [9.17, 15) is 14.7 Å². The zero-order valence-corrected chi connectivity index (χ0v) is 53.2. The molecule has 0 spiro atoms. The SMILES string of the molecule is [2H]c1c([2H])c([2H])c(C(=O)O[C@H]2[C@@H]3[C@]4(OC(C)=O)CO[C@@H]4C[C@H](O[Si](CC)(CC)CC)[C@@]3(C)C(=O)[C@H](O[Si](CC)(CC)CC)C3=C(C)[C@@H](OC(=O)[C@H](O[Si](CC)(CC)CC)[C@@H](NC(=O)OC(C)(C)C)c4ccccc4)CC2(O)C3(C)C)c([2H])c1[2H]. The van der Waals surface area contributed by atoms with Crippen LogP contribution in [0.4, 0.5) is 4.79 Å². The van der Waals surface area contributed by atoms with Crippen molar-refractivity contribution in [1.82, 2.24) is 5.32 Å². The lowest BCUT2D eigenvalue weighted by atomic mass is 9.44. The molecule has 2 bridgehead atoms. The van der Waals surface area contributed by atoms with E-state index in [-0.39, 0.29) is 18.6 Å². The molecule has 0 aromatic heterocycles. The Hall–Kier alpha value is -4.02. The monoisotopic (exact) mass is 1150 g/mol. The van der Waals surface area contributed by atoms with Crippen molar-refractivity contribution in [3.05, 3.63) is 82.8 Å². The maximum absolute atomic E-state index is 17.3. The third-order valence-electron chi connectivity index (χ3n) is 19.1. The first kappa shape index (κ1) is 56.8. The van der Waals surface area contributed by atoms with Crippen molar-refractivity contribution in [2.75, 3.05) is 6.61 Å². The number of nitrogens with one attached hydrogen (secondary N) is 1. The highest BCUT2D eigenvalue weighted by molar-refractivity contribution is 6.74. The fourth-order valence-corrected chi connectivity index (χ4v) is 21.9. The molecule has 1 aliphatic heterocycles. The van der Waals surface area contributed by atoms with Gasteiger partial charge in [0, 0.05) is 25.2 Å². The highest BCUT2D eigenvalue weighted by Crippen LogP contribution is 2.65. The molecule has 15 nitrogen and oxygen atoms in total. The van der Waals surface area contributed by atoms with Gasteiger partial charge in [-0.2, -0.15) is 0 Å². The standard InChI is InChI=1S/C61H95NO14Si3/c1-18-77(19-2,20-3)74-45-37-46-60(39-69-46,72-41(11)63)51-53(71-54(65)43-35-31-28-32-36-43)61(68)38-44(40(10)47(58(61,15)16)49(52(64)59(45,51)17)75-78(21-4,22-5)23-6)70-55(66)50(76-79(24-7,25-8)26-9)48(42-33-29-27-30-34-42)62-56(67)73-57(12,13)14/h27-36,44-46,48-51,53,68H,18-26,37-39H2,1-17H3,(H,62,67)/t44-,45-,46+,48-,49+,50+,51-,53-,59+,60-,61?/m0/s1/i28D,31D,32D,35D,36D. The molecule has 1 heterocycles. The number of hydrogen-bond donors (Lipinski definition) is 2. The van der Waals surface area contributed by atoms with Crippen molar-refractivity contribution in [2.24, 2.45) is 16.7 Å². The molecular weight excluding hydrogens is 1050 g/mol. The zero-order valence-electron chi connectivity index (χ0n) is 55.2. The average molecular weight is 1160 g/mol. The highest BCUT2D eigenvalue weighted by atomic mass is 28.4. The van der Waals surface area contributed by atoms with Gasteiger partial charge >= 0.3 is 24.0 Å². The fraction of sp³-hybridized carbons (Fsp3) is 0.689. The van der Waals surface area contributed by atoms with Gasteiger partial charge in [0.15, 0.2) is 42.4 Å². The second-order valence-corrected chi connectivity index (χ2v) is 38.4. The lowest BCUT2D eigenvalue weighted by molar-refractivity contribution is -0.344. The normalized spacial score (nSPS) is 29.5. The molecule has 79 heavy (non-hydrogen) atoms. The summed E-state index contributed by atoms with van der Waals surface area (Å²) in [5, 5.41) is 17.8. The van der Waals surface area contributed by atoms with Crippen LogP contribution in [-0.2, 0) is 51.3 Å². The third-order valence-corrected chi connectivity index (χ3v) is 33.0. The van der Waals surface area contributed by atoms with E-state index < -0.39 is 173 Å². The van der Waals surface area contributed by atoms with Gasteiger partial charge in [-0.25, -0.2) is 14.4 Å². The summed E-state index contributed by atoms with van der Waals surface area (Å²) in [6.45, 7) is 31.2. The number of ether oxygens (including phenoxy) is 5. The summed E-state index contributed by atoms with van der Waals surface area (Å²) in [5.41, 5.74) is -8.55. The van der Waals surface area contributed by atoms with Crippen LogP contribution in [0.2, 0.25) is 54.4 Å². The van der Waals surface area contributed by atoms with E-state index in [4.69, 9.17) is 43.8 Å². The lowest BCUT2D eigenvalue weighted by Gasteiger charge is -2.68. The van der Waals surface area contributed by atoms with Gasteiger partial charge in [-0.05, 0) is 118 Å². The molecule has 18 heteroatoms. The number of Topliss-reactive ketones (excluding diaryl/α,β-unsaturated/α-hetero) is 1. The molecule has 1 saturated heterocycles. The van der Waals surface area contributed by atoms with Gasteiger partial charge in [0.1, 0.15) is 35.6 Å². The lowest BCUT2D eigenvalue weighted by Crippen LogP contribution is -2.82. The molecule has 440 valence electrons. The molecule has 3 aliphatic carbocycles. The number of alkyl carbamates (subject to hydrolysis) is 1. The maximum atomic E-state index is 17.3. The first-order valence-corrected chi connectivity index (χ1v) is 36.6. The fourth-order valence-electron chi connectivity index (χ4n) is 13.5. The number of carbonyl (C=O) groups is 5. The van der Waals surface area contributed by atoms with Crippen molar-refractivity contribution in [1.29, 1.82) is 0 Å². The van der Waals surface area contributed by atoms with Crippen LogP contribution < -0.4 is 5.32 Å². The van der Waals surface area contributed by atoms with E-state index >= 15 is 14.4 Å². The molecule has 0 radical (unpaired) electrons. The molecule has 6 rings (SSSR count). The van der Waals surface area contributed by atoms with E-state index in [0.717, 1.165) is 0 Å². The van der Waals surface area contributed by atoms with Crippen LogP contribution in [-0.4, -0.2) is 120 Å². The van der Waals surface area contributed by atoms with Gasteiger partial charge < -0.3 is 47.4 Å². The molecule has 2 N–H and O–H groups in total. The van der Waals surface area contributed by atoms with Gasteiger partial charge in [-0.1, -0.05) is 125 Å². The van der Waals surface area contributed by atoms with Crippen molar-refractivity contribution < 1.29 is 72.9 Å². The number of hydrogen-bond acceptors (Lipinski definition) is 14. The van der Waals surface area contributed by atoms with Crippen LogP contribution in [0.15, 0.2) is 71.7 Å². The Morgan fingerprint density at radius 2 is 1.35 bits per heavy atom. The summed E-state index contributed by atoms with van der Waals surface area (Å²) in [7, 11) is -8.52. The van der Waals surface area contributed by atoms with Crippen LogP contribution in [0.1, 0.15) is 159 Å². The number of fused-ring (bicyclic) bond motifs is 5. The van der Waals surface area contributed by atoms with E-state index in [1.54, 1.807) is 78.8 Å². The Labute approximate surface area is 481 Å². The van der Waals surface area contributed by atoms with E-state index in [0.29, 0.717) is 65.5 Å². The molecule has 3 fully saturated rings. The van der Waals surface area contributed by atoms with E-state index in [2.05, 4.69) is 26.1 Å². The number of rotatable bonds is 23. The van der Waals surface area contributed by atoms with Crippen LogP contribution in [0, 0.1) is 16.7 Å². The summed E-state index contributed by atoms with van der Waals surface area (Å²) in [4.78, 5) is 76.6. The Balaban J connectivity index is 1.76. The summed E-state index contributed by atoms with van der Waals surface area (Å²) in [6.07, 6.45) is -9.80. The summed E-state index contributed by atoms with van der Waals surface area (Å²) in [5.74, 6) is -5.20. The number of benzene rings is 2. The molecule has 4 aliphatic rings. The predicted molar refractivity (Wildman–Crippen MR) is 312 cm³/mol. The number of ketones is 1. The van der Waals surface area contributed by atoms with Crippen LogP contribution in [0.3, 0.4) is 0 Å². The zero-order chi connectivity index (χ0) is 63.1. The van der Waals surface area contributed by atoms with Gasteiger partial charge in [-0.15, -0.1) is 0 Å². The first-order valence-electron chi connectivity index (χ1n) is 31.5. The first-order chi connectivity index (χ1) is 39.2. The summed E-state index contributed by atoms with van der Waals surface area (Å²) < 4.78 is 98.3. The minimum atomic E-state index is -2.94. The van der Waals surface area contributed by atoms with Crippen LogP contribution in [0.5, 0.6) is 0 Å². The van der Waals surface area contributed by atoms with Gasteiger partial charge in [0.2, 0.25) is 0 Å². The third kappa shape index (κ3) is 12.1. The molecule has 2 aromatic rings. The Bertz CT molecular complexity index is 2750. The average Bonchev–Trinajstić information content (AvgIpc) is 0.674. The molecular formula is C61H95NO14Si3. The Morgan fingerprint density at radius 3 is 1.85 bits per heavy atom. The van der Waals surface area contributed by atoms with Gasteiger partial charge in [0.25, 0.3) is 0 Å². The van der Waals surface area contributed by atoms with E-state index in [1.807, 2.05) is 41.5 Å². The van der Waals surface area contributed by atoms with Crippen molar-refractivity contribution in [3.63, 3.8) is 0 Å². The Kier molecular flexibility index (Phi) is 17.9. The predicted octanol–water partition coefficient (Wildman–Crippen LogP) is 12.3. The van der Waals surface area contributed by atoms with Crippen LogP contribution >= 0.6 is 0 Å². The molecule has 2 saturated carbocycles. The smallest absolute Gasteiger partial charge is 0.408 e. The summed E-state index contributed by atoms with van der Waals surface area (Å²) >= 11 is 0. The van der Waals surface area contributed by atoms with Gasteiger partial charge in [0.05, 0.1) is 42.5 Å². The Morgan fingerprint density at radius 1 is 0.810 bits per heavy atom. The maximum Gasteiger partial charge on any atom is 0.408 e. The number of esters is 3. The second kappa shape index (κ2) is 24.8. The summed E-state index contributed by atoms with van der Waals surface area (Å²) in [6, 6.07) is 9.05. The highest BCUT2D eigenvalue weighted by Gasteiger charge is 2.79. The molecule has 1 unspecified atom stereocenters. The van der Waals surface area contributed by atoms with Crippen LogP contribution in [0.25, 0.3) is 0 Å². The largest absolute Gasteiger partial charge is 0.456 e. The second-order valence-electron chi connectivity index (χ2n) is 24.2. The minimum Gasteiger partial charge on any atom is -0.456 e. The number of amides is 1. The number of carbonyl (C=O) groups excluding carboxylic acids is 5. The van der Waals surface area contributed by atoms with Gasteiger partial charge in [-0.3, -0.25) is 9.59 Å². The topological polar surface area (TPSA) is 191 Å². The molecule has 1 amide bonds. The molecule has 2 aromatic carbocycles. The number of aliphatic hydroxyl groups is 1. The quantitative estimate of drug-likeness (QED) is 0.0462. The minimum absolute atomic E-state index is 0.0502. The van der Waals surface area contributed by atoms with Crippen molar-refractivity contribution in [2.45, 2.75) is 244 Å². The van der Waals surface area contributed by atoms with Crippen molar-refractivity contribution >= 4 is 54.7 Å². The van der Waals surface area contributed by atoms with E-state index in [1.165, 1.54) is 6.92 Å².